The Hall–Kier alpha value is -3.50. The largest absolute Gasteiger partial charge is 0.487 e. The third-order valence-corrected chi connectivity index (χ3v) is 6.58. The molecule has 0 aliphatic carbocycles. The third-order valence-electron chi connectivity index (χ3n) is 5.20. The monoisotopic (exact) mass is 508 g/mol. The zero-order valence-corrected chi connectivity index (χ0v) is 21.1. The highest BCUT2D eigenvalue weighted by molar-refractivity contribution is 8.26. The number of amides is 1. The van der Waals surface area contributed by atoms with Crippen LogP contribution in [-0.4, -0.2) is 43.0 Å². The summed E-state index contributed by atoms with van der Waals surface area (Å²) in [4.78, 5) is 26.4. The lowest BCUT2D eigenvalue weighted by Crippen LogP contribution is -2.31. The molecule has 2 aromatic carbocycles. The molecule has 0 atom stereocenters. The standard InChI is InChI=1S/C25H24N4O4S2/c1-4-33-21-11-10-17(12-20(21)29(31)32)23-18(15-28(26-23)19-8-6-5-7-9-19)13-22-24(30)27(14-16(2)3)25(34)35-22/h5-13,15-16H,4,14H2,1-3H3. The minimum atomic E-state index is -0.473. The molecule has 0 spiro atoms. The van der Waals surface area contributed by atoms with Crippen LogP contribution in [0, 0.1) is 16.0 Å². The molecule has 8 nitrogen and oxygen atoms in total. The number of benzene rings is 2. The molecular formula is C25H24N4O4S2. The summed E-state index contributed by atoms with van der Waals surface area (Å²) in [6.45, 7) is 6.69. The first-order chi connectivity index (χ1) is 16.8. The molecule has 0 radical (unpaired) electrons. The number of nitro groups is 1. The Morgan fingerprint density at radius 2 is 1.97 bits per heavy atom. The van der Waals surface area contributed by atoms with E-state index in [4.69, 9.17) is 22.1 Å². The highest BCUT2D eigenvalue weighted by Gasteiger charge is 2.32. The fraction of sp³-hybridized carbons (Fsp3) is 0.240. The second kappa shape index (κ2) is 10.4. The number of hydrogen-bond acceptors (Lipinski definition) is 7. The number of aromatic nitrogens is 2. The molecule has 10 heteroatoms. The number of carbonyl (C=O) groups is 1. The quantitative estimate of drug-likeness (QED) is 0.167. The summed E-state index contributed by atoms with van der Waals surface area (Å²) in [6.07, 6.45) is 3.56. The lowest BCUT2D eigenvalue weighted by molar-refractivity contribution is -0.385. The Morgan fingerprint density at radius 1 is 1.23 bits per heavy atom. The molecular weight excluding hydrogens is 484 g/mol. The van der Waals surface area contributed by atoms with Crippen molar-refractivity contribution in [1.29, 1.82) is 0 Å². The zero-order chi connectivity index (χ0) is 25.1. The molecule has 1 fully saturated rings. The van der Waals surface area contributed by atoms with Crippen LogP contribution in [0.4, 0.5) is 5.69 Å². The highest BCUT2D eigenvalue weighted by atomic mass is 32.2. The maximum atomic E-state index is 13.1. The van der Waals surface area contributed by atoms with E-state index in [1.165, 1.54) is 17.8 Å². The summed E-state index contributed by atoms with van der Waals surface area (Å²) < 4.78 is 7.63. The van der Waals surface area contributed by atoms with Crippen molar-refractivity contribution < 1.29 is 14.5 Å². The summed E-state index contributed by atoms with van der Waals surface area (Å²) in [5, 5.41) is 16.4. The third kappa shape index (κ3) is 5.28. The fourth-order valence-electron chi connectivity index (χ4n) is 3.68. The molecule has 180 valence electrons. The van der Waals surface area contributed by atoms with Gasteiger partial charge in [-0.05, 0) is 43.2 Å². The molecule has 1 saturated heterocycles. The molecule has 35 heavy (non-hydrogen) atoms. The minimum absolute atomic E-state index is 0.146. The van der Waals surface area contributed by atoms with Gasteiger partial charge in [0.15, 0.2) is 5.75 Å². The molecule has 0 saturated carbocycles. The predicted octanol–water partition coefficient (Wildman–Crippen LogP) is 5.70. The van der Waals surface area contributed by atoms with E-state index >= 15 is 0 Å². The molecule has 0 unspecified atom stereocenters. The minimum Gasteiger partial charge on any atom is -0.487 e. The van der Waals surface area contributed by atoms with Gasteiger partial charge in [0, 0.05) is 29.9 Å². The topological polar surface area (TPSA) is 90.5 Å². The molecule has 0 bridgehead atoms. The van der Waals surface area contributed by atoms with Gasteiger partial charge < -0.3 is 4.74 Å². The average Bonchev–Trinajstić information content (AvgIpc) is 3.36. The van der Waals surface area contributed by atoms with Gasteiger partial charge in [0.25, 0.3) is 5.91 Å². The lowest BCUT2D eigenvalue weighted by Gasteiger charge is -2.16. The van der Waals surface area contributed by atoms with Crippen LogP contribution in [0.15, 0.2) is 59.6 Å². The Kier molecular flexibility index (Phi) is 7.32. The van der Waals surface area contributed by atoms with Gasteiger partial charge in [-0.3, -0.25) is 19.8 Å². The molecule has 0 N–H and O–H groups in total. The molecule has 1 aliphatic heterocycles. The Balaban J connectivity index is 1.83. The van der Waals surface area contributed by atoms with Crippen LogP contribution in [-0.2, 0) is 4.79 Å². The normalized spacial score (nSPS) is 14.9. The van der Waals surface area contributed by atoms with Gasteiger partial charge in [-0.25, -0.2) is 4.68 Å². The number of thiocarbonyl (C=S) groups is 1. The van der Waals surface area contributed by atoms with E-state index < -0.39 is 4.92 Å². The van der Waals surface area contributed by atoms with Crippen LogP contribution >= 0.6 is 24.0 Å². The number of ether oxygens (including phenoxy) is 1. The van der Waals surface area contributed by atoms with Gasteiger partial charge in [-0.15, -0.1) is 0 Å². The summed E-state index contributed by atoms with van der Waals surface area (Å²) in [5.74, 6) is 0.322. The maximum Gasteiger partial charge on any atom is 0.311 e. The van der Waals surface area contributed by atoms with Crippen molar-refractivity contribution in [1.82, 2.24) is 14.7 Å². The lowest BCUT2D eigenvalue weighted by atomic mass is 10.1. The van der Waals surface area contributed by atoms with E-state index in [9.17, 15) is 14.9 Å². The van der Waals surface area contributed by atoms with Gasteiger partial charge in [0.05, 0.1) is 22.1 Å². The van der Waals surface area contributed by atoms with E-state index in [0.717, 1.165) is 5.69 Å². The molecule has 3 aromatic rings. The Bertz CT molecular complexity index is 1320. The average molecular weight is 509 g/mol. The second-order valence-corrected chi connectivity index (χ2v) is 9.95. The number of carbonyl (C=O) groups excluding carboxylic acids is 1. The fourth-order valence-corrected chi connectivity index (χ4v) is 4.94. The van der Waals surface area contributed by atoms with E-state index in [2.05, 4.69) is 0 Å². The van der Waals surface area contributed by atoms with Gasteiger partial charge in [-0.2, -0.15) is 5.10 Å². The van der Waals surface area contributed by atoms with Gasteiger partial charge in [0.2, 0.25) is 0 Å². The molecule has 1 amide bonds. The van der Waals surface area contributed by atoms with Crippen molar-refractivity contribution in [3.63, 3.8) is 0 Å². The molecule has 1 aromatic heterocycles. The van der Waals surface area contributed by atoms with Crippen LogP contribution in [0.2, 0.25) is 0 Å². The number of rotatable bonds is 8. The van der Waals surface area contributed by atoms with E-state index in [0.29, 0.717) is 39.2 Å². The SMILES string of the molecule is CCOc1ccc(-c2nn(-c3ccccc3)cc2C=C2SC(=S)N(CC(C)C)C2=O)cc1[N+](=O)[O-]. The number of nitro benzene ring substituents is 1. The van der Waals surface area contributed by atoms with Crippen molar-refractivity contribution in [3.05, 3.63) is 75.3 Å². The Morgan fingerprint density at radius 3 is 2.63 bits per heavy atom. The summed E-state index contributed by atoms with van der Waals surface area (Å²) >= 11 is 6.69. The number of thioether (sulfide) groups is 1. The van der Waals surface area contributed by atoms with Crippen LogP contribution < -0.4 is 4.74 Å². The van der Waals surface area contributed by atoms with Gasteiger partial charge in [-0.1, -0.05) is 56.0 Å². The van der Waals surface area contributed by atoms with Crippen molar-refractivity contribution in [2.75, 3.05) is 13.2 Å². The predicted molar refractivity (Wildman–Crippen MR) is 142 cm³/mol. The Labute approximate surface area is 212 Å². The maximum absolute atomic E-state index is 13.1. The van der Waals surface area contributed by atoms with Crippen LogP contribution in [0.1, 0.15) is 26.3 Å². The smallest absolute Gasteiger partial charge is 0.311 e. The summed E-state index contributed by atoms with van der Waals surface area (Å²) in [5.41, 5.74) is 2.37. The van der Waals surface area contributed by atoms with Crippen LogP contribution in [0.25, 0.3) is 23.0 Å². The van der Waals surface area contributed by atoms with Crippen molar-refractivity contribution in [3.8, 4) is 22.7 Å². The summed E-state index contributed by atoms with van der Waals surface area (Å²) in [6, 6.07) is 14.3. The van der Waals surface area contributed by atoms with Crippen molar-refractivity contribution in [2.24, 2.45) is 5.92 Å². The first kappa shape index (κ1) is 24.6. The second-order valence-electron chi connectivity index (χ2n) is 8.27. The first-order valence-electron chi connectivity index (χ1n) is 11.1. The van der Waals surface area contributed by atoms with Crippen molar-refractivity contribution in [2.45, 2.75) is 20.8 Å². The van der Waals surface area contributed by atoms with Crippen molar-refractivity contribution >= 4 is 46.0 Å². The summed E-state index contributed by atoms with van der Waals surface area (Å²) in [7, 11) is 0. The first-order valence-corrected chi connectivity index (χ1v) is 12.3. The molecule has 4 rings (SSSR count). The van der Waals surface area contributed by atoms with Crippen LogP contribution in [0.5, 0.6) is 5.75 Å². The number of para-hydroxylation sites is 1. The van der Waals surface area contributed by atoms with Gasteiger partial charge in [0.1, 0.15) is 10.0 Å². The van der Waals surface area contributed by atoms with E-state index in [1.807, 2.05) is 50.4 Å². The van der Waals surface area contributed by atoms with E-state index in [1.54, 1.807) is 34.7 Å². The highest BCUT2D eigenvalue weighted by Crippen LogP contribution is 2.37. The molecule has 2 heterocycles. The van der Waals surface area contributed by atoms with E-state index in [-0.39, 0.29) is 23.3 Å². The van der Waals surface area contributed by atoms with Crippen LogP contribution in [0.3, 0.4) is 0 Å². The number of hydrogen-bond donors (Lipinski definition) is 0. The number of nitrogens with zero attached hydrogens (tertiary/aromatic N) is 4. The van der Waals surface area contributed by atoms with Gasteiger partial charge >= 0.3 is 5.69 Å². The zero-order valence-electron chi connectivity index (χ0n) is 19.5. The molecule has 1 aliphatic rings.